The van der Waals surface area contributed by atoms with Crippen LogP contribution < -0.4 is 4.74 Å². The molecular weight excluding hydrogens is 422 g/mol. The van der Waals surface area contributed by atoms with E-state index in [9.17, 15) is 39.5 Å². The van der Waals surface area contributed by atoms with E-state index in [1.165, 1.54) is 0 Å². The van der Waals surface area contributed by atoms with E-state index in [0.717, 1.165) is 22.6 Å². The highest BCUT2D eigenvalue weighted by molar-refractivity contribution is 14.1. The van der Waals surface area contributed by atoms with Gasteiger partial charge in [-0.3, -0.25) is 0 Å². The summed E-state index contributed by atoms with van der Waals surface area (Å²) in [6.45, 7) is 0. The molecule has 1 aromatic carbocycles. The molecule has 0 unspecified atom stereocenters. The molecule has 0 fully saturated rings. The number of benzene rings is 1. The minimum atomic E-state index is -5.46. The van der Waals surface area contributed by atoms with Gasteiger partial charge in [-0.15, -0.1) is 13.2 Å². The summed E-state index contributed by atoms with van der Waals surface area (Å²) >= 11 is 0.973. The predicted octanol–water partition coefficient (Wildman–Crippen LogP) is 5.23. The molecule has 0 heterocycles. The number of rotatable bonds is 1. The van der Waals surface area contributed by atoms with Crippen LogP contribution in [0.15, 0.2) is 12.1 Å². The van der Waals surface area contributed by atoms with Crippen LogP contribution in [-0.4, -0.2) is 6.36 Å². The molecule has 0 saturated carbocycles. The first-order valence-corrected chi connectivity index (χ1v) is 5.53. The van der Waals surface area contributed by atoms with Crippen molar-refractivity contribution in [3.8, 4) is 5.75 Å². The van der Waals surface area contributed by atoms with Crippen molar-refractivity contribution in [1.82, 2.24) is 0 Å². The molecule has 0 aliphatic rings. The van der Waals surface area contributed by atoms with E-state index >= 15 is 0 Å². The Labute approximate surface area is 118 Å². The maximum absolute atomic E-state index is 12.5. The van der Waals surface area contributed by atoms with Crippen molar-refractivity contribution in [3.05, 3.63) is 26.8 Å². The normalized spacial score (nSPS) is 13.5. The Bertz CT molecular complexity index is 500. The lowest BCUT2D eigenvalue weighted by Crippen LogP contribution is -2.21. The molecule has 0 aliphatic heterocycles. The zero-order valence-electron chi connectivity index (χ0n) is 8.84. The molecule has 0 saturated heterocycles. The first kappa shape index (κ1) is 17.2. The third-order valence-corrected chi connectivity index (χ3v) is 2.80. The van der Waals surface area contributed by atoms with Crippen LogP contribution in [0, 0.1) is 3.57 Å². The van der Waals surface area contributed by atoms with Gasteiger partial charge < -0.3 is 4.74 Å². The highest BCUT2D eigenvalue weighted by Crippen LogP contribution is 2.43. The van der Waals surface area contributed by atoms with Gasteiger partial charge in [0.15, 0.2) is 0 Å². The number of ether oxygens (including phenoxy) is 1. The molecule has 1 nitrogen and oxygen atoms in total. The van der Waals surface area contributed by atoms with Crippen LogP contribution in [0.2, 0.25) is 0 Å². The Balaban J connectivity index is 3.50. The van der Waals surface area contributed by atoms with Gasteiger partial charge >= 0.3 is 18.7 Å². The molecule has 0 atom stereocenters. The van der Waals surface area contributed by atoms with Gasteiger partial charge in [-0.1, -0.05) is 0 Å². The summed E-state index contributed by atoms with van der Waals surface area (Å²) in [7, 11) is 0. The molecular formula is C9H2F9IO. The second-order valence-electron chi connectivity index (χ2n) is 3.37. The van der Waals surface area contributed by atoms with Crippen LogP contribution >= 0.6 is 22.6 Å². The average Bonchev–Trinajstić information content (AvgIpc) is 2.09. The van der Waals surface area contributed by atoms with Crippen molar-refractivity contribution in [2.45, 2.75) is 18.7 Å². The molecule has 20 heavy (non-hydrogen) atoms. The van der Waals surface area contributed by atoms with Crippen molar-refractivity contribution in [2.24, 2.45) is 0 Å². The highest BCUT2D eigenvalue weighted by Gasteiger charge is 2.43. The van der Waals surface area contributed by atoms with E-state index in [4.69, 9.17) is 0 Å². The fourth-order valence-corrected chi connectivity index (χ4v) is 1.95. The molecule has 11 heteroatoms. The molecule has 1 aromatic rings. The van der Waals surface area contributed by atoms with E-state index < -0.39 is 45.2 Å². The van der Waals surface area contributed by atoms with Crippen LogP contribution in [0.25, 0.3) is 0 Å². The monoisotopic (exact) mass is 424 g/mol. The number of hydrogen-bond acceptors (Lipinski definition) is 1. The van der Waals surface area contributed by atoms with E-state index in [2.05, 4.69) is 4.74 Å². The van der Waals surface area contributed by atoms with Crippen LogP contribution in [0.4, 0.5) is 39.5 Å². The van der Waals surface area contributed by atoms with Crippen molar-refractivity contribution in [1.29, 1.82) is 0 Å². The van der Waals surface area contributed by atoms with Gasteiger partial charge in [0.2, 0.25) is 0 Å². The summed E-state index contributed by atoms with van der Waals surface area (Å²) < 4.78 is 113. The zero-order valence-corrected chi connectivity index (χ0v) is 11.0. The van der Waals surface area contributed by atoms with Gasteiger partial charge in [-0.05, 0) is 34.7 Å². The summed E-state index contributed by atoms with van der Waals surface area (Å²) in [5, 5.41) is 0. The van der Waals surface area contributed by atoms with Crippen LogP contribution in [0.1, 0.15) is 11.1 Å². The Kier molecular flexibility index (Phi) is 4.42. The predicted molar refractivity (Wildman–Crippen MR) is 55.8 cm³/mol. The molecule has 0 radical (unpaired) electrons. The number of halogens is 10. The summed E-state index contributed by atoms with van der Waals surface area (Å²) in [5.74, 6) is -1.73. The summed E-state index contributed by atoms with van der Waals surface area (Å²) in [4.78, 5) is 0. The summed E-state index contributed by atoms with van der Waals surface area (Å²) in [6.07, 6.45) is -16.0. The molecule has 0 amide bonds. The average molecular weight is 424 g/mol. The van der Waals surface area contributed by atoms with Gasteiger partial charge in [0.1, 0.15) is 5.75 Å². The first-order valence-electron chi connectivity index (χ1n) is 4.45. The van der Waals surface area contributed by atoms with Crippen molar-refractivity contribution < 1.29 is 44.3 Å². The summed E-state index contributed by atoms with van der Waals surface area (Å²) in [5.41, 5.74) is -3.84. The lowest BCUT2D eigenvalue weighted by molar-refractivity contribution is -0.276. The standard InChI is InChI=1S/C9H2F9IO/c10-7(11,12)3-1-4(8(13,14)15)6(2-5(3)19)20-9(16,17)18/h1-2H. The Morgan fingerprint density at radius 3 is 1.55 bits per heavy atom. The fraction of sp³-hybridized carbons (Fsp3) is 0.333. The fourth-order valence-electron chi connectivity index (χ4n) is 1.20. The van der Waals surface area contributed by atoms with Crippen molar-refractivity contribution >= 4 is 22.6 Å². The van der Waals surface area contributed by atoms with Crippen LogP contribution in [0.5, 0.6) is 5.75 Å². The molecule has 0 aliphatic carbocycles. The lowest BCUT2D eigenvalue weighted by atomic mass is 10.1. The van der Waals surface area contributed by atoms with Crippen molar-refractivity contribution in [2.75, 3.05) is 0 Å². The Morgan fingerprint density at radius 2 is 1.20 bits per heavy atom. The smallest absolute Gasteiger partial charge is 0.405 e. The number of alkyl halides is 9. The van der Waals surface area contributed by atoms with Gasteiger partial charge in [-0.2, -0.15) is 26.3 Å². The minimum absolute atomic E-state index is 0.0414. The van der Waals surface area contributed by atoms with Gasteiger partial charge in [-0.25, -0.2) is 0 Å². The molecule has 1 rings (SSSR count). The Hall–Kier alpha value is -0.880. The van der Waals surface area contributed by atoms with E-state index in [-0.39, 0.29) is 6.07 Å². The van der Waals surface area contributed by atoms with Crippen LogP contribution in [-0.2, 0) is 12.4 Å². The van der Waals surface area contributed by atoms with E-state index in [1.807, 2.05) is 0 Å². The Morgan fingerprint density at radius 1 is 0.750 bits per heavy atom. The van der Waals surface area contributed by atoms with Gasteiger partial charge in [0.05, 0.1) is 11.1 Å². The second-order valence-corrected chi connectivity index (χ2v) is 4.53. The molecule has 0 N–H and O–H groups in total. The highest BCUT2D eigenvalue weighted by atomic mass is 127. The quantitative estimate of drug-likeness (QED) is 0.444. The molecule has 0 bridgehead atoms. The topological polar surface area (TPSA) is 9.23 Å². The van der Waals surface area contributed by atoms with Gasteiger partial charge in [0.25, 0.3) is 0 Å². The second kappa shape index (κ2) is 5.15. The minimum Gasteiger partial charge on any atom is -0.405 e. The molecule has 0 aromatic heterocycles. The third-order valence-electron chi connectivity index (χ3n) is 1.91. The SMILES string of the molecule is FC(F)(F)Oc1cc(I)c(C(F)(F)F)cc1C(F)(F)F. The van der Waals surface area contributed by atoms with E-state index in [1.54, 1.807) is 0 Å². The van der Waals surface area contributed by atoms with Gasteiger partial charge in [0, 0.05) is 3.57 Å². The lowest BCUT2D eigenvalue weighted by Gasteiger charge is -2.18. The number of hydrogen-bond donors (Lipinski definition) is 0. The molecule has 114 valence electrons. The van der Waals surface area contributed by atoms with Crippen molar-refractivity contribution in [3.63, 3.8) is 0 Å². The first-order chi connectivity index (χ1) is 8.72. The van der Waals surface area contributed by atoms with E-state index in [0.29, 0.717) is 0 Å². The van der Waals surface area contributed by atoms with Crippen LogP contribution in [0.3, 0.4) is 0 Å². The summed E-state index contributed by atoms with van der Waals surface area (Å²) in [6, 6.07) is -0.372. The maximum atomic E-state index is 12.5. The third kappa shape index (κ3) is 4.31. The molecule has 0 spiro atoms. The zero-order chi connectivity index (χ0) is 15.9. The maximum Gasteiger partial charge on any atom is 0.573 e. The largest absolute Gasteiger partial charge is 0.573 e.